The van der Waals surface area contributed by atoms with Gasteiger partial charge in [0.15, 0.2) is 0 Å². The Morgan fingerprint density at radius 2 is 1.15 bits per heavy atom. The highest BCUT2D eigenvalue weighted by Gasteiger charge is 2.06. The van der Waals surface area contributed by atoms with Crippen molar-refractivity contribution in [3.05, 3.63) is 59.2 Å². The summed E-state index contributed by atoms with van der Waals surface area (Å²) in [5.41, 5.74) is 6.78. The quantitative estimate of drug-likeness (QED) is 0.705. The Morgan fingerprint density at radius 3 is 1.60 bits per heavy atom. The maximum Gasteiger partial charge on any atom is 0.466 e. The highest BCUT2D eigenvalue weighted by Crippen LogP contribution is 2.29. The maximum absolute atomic E-state index is 8.88. The largest absolute Gasteiger partial charge is 0.466 e. The lowest BCUT2D eigenvalue weighted by Crippen LogP contribution is -1.89. The Morgan fingerprint density at radius 1 is 0.750 bits per heavy atom. The van der Waals surface area contributed by atoms with E-state index in [1.165, 1.54) is 27.8 Å². The first-order chi connectivity index (χ1) is 9.20. The highest BCUT2D eigenvalue weighted by atomic mass is 31.2. The van der Waals surface area contributed by atoms with Crippen LogP contribution in [0.3, 0.4) is 0 Å². The van der Waals surface area contributed by atoms with Gasteiger partial charge in [0.2, 0.25) is 0 Å². The van der Waals surface area contributed by atoms with E-state index in [4.69, 9.17) is 19.2 Å². The molecule has 0 bridgehead atoms. The third kappa shape index (κ3) is 5.27. The van der Waals surface area contributed by atoms with Crippen molar-refractivity contribution in [2.75, 3.05) is 0 Å². The van der Waals surface area contributed by atoms with E-state index < -0.39 is 7.82 Å². The summed E-state index contributed by atoms with van der Waals surface area (Å²) in [6, 6.07) is 15.0. The second-order valence-electron chi connectivity index (χ2n) is 4.60. The van der Waals surface area contributed by atoms with Crippen molar-refractivity contribution in [3.63, 3.8) is 0 Å². The number of hydrogen-bond donors (Lipinski definition) is 3. The fourth-order valence-corrected chi connectivity index (χ4v) is 2.09. The number of aryl methyl sites for hydroxylation is 3. The first-order valence-corrected chi connectivity index (χ1v) is 7.67. The molecule has 0 atom stereocenters. The number of hydrogen-bond acceptors (Lipinski definition) is 1. The van der Waals surface area contributed by atoms with Crippen LogP contribution in [-0.2, 0) is 4.57 Å². The second-order valence-corrected chi connectivity index (χ2v) is 5.62. The molecule has 0 amide bonds. The van der Waals surface area contributed by atoms with Crippen molar-refractivity contribution in [2.24, 2.45) is 0 Å². The van der Waals surface area contributed by atoms with Crippen molar-refractivity contribution in [1.82, 2.24) is 0 Å². The zero-order valence-corrected chi connectivity index (χ0v) is 12.6. The summed E-state index contributed by atoms with van der Waals surface area (Å²) in [7, 11) is -4.64. The van der Waals surface area contributed by atoms with E-state index >= 15 is 0 Å². The minimum Gasteiger partial charge on any atom is -0.303 e. The second kappa shape index (κ2) is 6.82. The molecule has 108 valence electrons. The third-order valence-electron chi connectivity index (χ3n) is 2.90. The van der Waals surface area contributed by atoms with Crippen molar-refractivity contribution < 1.29 is 19.2 Å². The van der Waals surface area contributed by atoms with Crippen molar-refractivity contribution in [3.8, 4) is 11.1 Å². The predicted molar refractivity (Wildman–Crippen MR) is 80.4 cm³/mol. The molecule has 0 heterocycles. The molecule has 0 saturated carbocycles. The molecule has 5 heteroatoms. The van der Waals surface area contributed by atoms with E-state index in [0.717, 1.165) is 0 Å². The molecule has 0 fully saturated rings. The van der Waals surface area contributed by atoms with Crippen LogP contribution in [0.5, 0.6) is 0 Å². The molecule has 2 aromatic carbocycles. The topological polar surface area (TPSA) is 77.8 Å². The first kappa shape index (κ1) is 16.6. The summed E-state index contributed by atoms with van der Waals surface area (Å²) in [4.78, 5) is 21.6. The molecule has 20 heavy (non-hydrogen) atoms. The molecular formula is C15H19O4P. The lowest BCUT2D eigenvalue weighted by molar-refractivity contribution is 0.275. The molecule has 3 N–H and O–H groups in total. The zero-order valence-electron chi connectivity index (χ0n) is 11.7. The van der Waals surface area contributed by atoms with Gasteiger partial charge in [-0.1, -0.05) is 42.5 Å². The normalized spacial score (nSPS) is 10.7. The van der Waals surface area contributed by atoms with Crippen LogP contribution in [0, 0.1) is 20.8 Å². The van der Waals surface area contributed by atoms with Gasteiger partial charge in [0.25, 0.3) is 0 Å². The Bertz CT molecular complexity index is 603. The van der Waals surface area contributed by atoms with Gasteiger partial charge < -0.3 is 14.7 Å². The third-order valence-corrected chi connectivity index (χ3v) is 2.90. The summed E-state index contributed by atoms with van der Waals surface area (Å²) >= 11 is 0. The molecule has 0 aliphatic carbocycles. The maximum atomic E-state index is 8.88. The van der Waals surface area contributed by atoms with Gasteiger partial charge in [-0.25, -0.2) is 4.57 Å². The van der Waals surface area contributed by atoms with E-state index in [-0.39, 0.29) is 0 Å². The molecule has 0 aliphatic heterocycles. The van der Waals surface area contributed by atoms with Gasteiger partial charge >= 0.3 is 7.82 Å². The van der Waals surface area contributed by atoms with Crippen LogP contribution in [0.1, 0.15) is 16.7 Å². The molecule has 2 rings (SSSR count). The highest BCUT2D eigenvalue weighted by molar-refractivity contribution is 7.45. The molecule has 0 unspecified atom stereocenters. The SMILES string of the molecule is Cc1ccccc1-c1c(C)cccc1C.O=P(O)(O)O. The monoisotopic (exact) mass is 294 g/mol. The Labute approximate surface area is 119 Å². The van der Waals surface area contributed by atoms with E-state index in [1.54, 1.807) is 0 Å². The summed E-state index contributed by atoms with van der Waals surface area (Å²) < 4.78 is 8.88. The van der Waals surface area contributed by atoms with Gasteiger partial charge in [-0.05, 0) is 48.6 Å². The molecule has 0 spiro atoms. The standard InChI is InChI=1S/C15H16.H3O4P/c1-11-7-4-5-10-14(11)15-12(2)8-6-9-13(15)3;1-5(2,3)4/h4-10H,1-3H3;(H3,1,2,3,4). The van der Waals surface area contributed by atoms with E-state index in [1.807, 2.05) is 0 Å². The van der Waals surface area contributed by atoms with Gasteiger partial charge in [-0.2, -0.15) is 0 Å². The fraction of sp³-hybridized carbons (Fsp3) is 0.200. The van der Waals surface area contributed by atoms with Gasteiger partial charge in [0.05, 0.1) is 0 Å². The lowest BCUT2D eigenvalue weighted by Gasteiger charge is -2.12. The minimum atomic E-state index is -4.64. The number of phosphoric acid groups is 1. The van der Waals surface area contributed by atoms with Gasteiger partial charge in [0.1, 0.15) is 0 Å². The van der Waals surface area contributed by atoms with Crippen molar-refractivity contribution in [1.29, 1.82) is 0 Å². The van der Waals surface area contributed by atoms with Crippen molar-refractivity contribution >= 4 is 7.82 Å². The number of rotatable bonds is 1. The average molecular weight is 294 g/mol. The lowest BCUT2D eigenvalue weighted by atomic mass is 9.93. The van der Waals surface area contributed by atoms with Crippen LogP contribution in [0.4, 0.5) is 0 Å². The van der Waals surface area contributed by atoms with E-state index in [9.17, 15) is 0 Å². The van der Waals surface area contributed by atoms with E-state index in [2.05, 4.69) is 63.2 Å². The summed E-state index contributed by atoms with van der Waals surface area (Å²) in [5.74, 6) is 0. The molecular weight excluding hydrogens is 275 g/mol. The summed E-state index contributed by atoms with van der Waals surface area (Å²) in [6.45, 7) is 6.52. The summed E-state index contributed by atoms with van der Waals surface area (Å²) in [5, 5.41) is 0. The van der Waals surface area contributed by atoms with Gasteiger partial charge in [-0.15, -0.1) is 0 Å². The van der Waals surface area contributed by atoms with Crippen LogP contribution in [0.2, 0.25) is 0 Å². The van der Waals surface area contributed by atoms with Crippen LogP contribution in [0.15, 0.2) is 42.5 Å². The Hall–Kier alpha value is -1.45. The van der Waals surface area contributed by atoms with Crippen LogP contribution < -0.4 is 0 Å². The molecule has 0 aromatic heterocycles. The van der Waals surface area contributed by atoms with Crippen LogP contribution in [0.25, 0.3) is 11.1 Å². The van der Waals surface area contributed by atoms with Crippen LogP contribution in [-0.4, -0.2) is 14.7 Å². The smallest absolute Gasteiger partial charge is 0.303 e. The number of benzene rings is 2. The molecule has 0 saturated heterocycles. The van der Waals surface area contributed by atoms with E-state index in [0.29, 0.717) is 0 Å². The molecule has 0 radical (unpaired) electrons. The molecule has 4 nitrogen and oxygen atoms in total. The fourth-order valence-electron chi connectivity index (χ4n) is 2.09. The minimum absolute atomic E-state index is 1.34. The average Bonchev–Trinajstić information content (AvgIpc) is 2.29. The van der Waals surface area contributed by atoms with Gasteiger partial charge in [-0.3, -0.25) is 0 Å². The van der Waals surface area contributed by atoms with Crippen LogP contribution >= 0.6 is 7.82 Å². The molecule has 2 aromatic rings. The summed E-state index contributed by atoms with van der Waals surface area (Å²) in [6.07, 6.45) is 0. The zero-order chi connectivity index (χ0) is 15.3. The van der Waals surface area contributed by atoms with Gasteiger partial charge in [0, 0.05) is 0 Å². The Balaban J connectivity index is 0.000000347. The first-order valence-electron chi connectivity index (χ1n) is 6.10. The molecule has 0 aliphatic rings. The van der Waals surface area contributed by atoms with Crippen molar-refractivity contribution in [2.45, 2.75) is 20.8 Å². The Kier molecular flexibility index (Phi) is 5.66. The predicted octanol–water partition coefficient (Wildman–Crippen LogP) is 3.35.